The summed E-state index contributed by atoms with van der Waals surface area (Å²) in [6, 6.07) is 0.826. The lowest BCUT2D eigenvalue weighted by molar-refractivity contribution is -0.336. The summed E-state index contributed by atoms with van der Waals surface area (Å²) in [5, 5.41) is 50.5. The molecule has 0 aromatic rings. The van der Waals surface area contributed by atoms with Gasteiger partial charge in [-0.15, -0.1) is 0 Å². The fraction of sp³-hybridized carbons (Fsp3) is 1.00. The Morgan fingerprint density at radius 1 is 0.833 bits per heavy atom. The van der Waals surface area contributed by atoms with Gasteiger partial charge in [-0.3, -0.25) is 0 Å². The van der Waals surface area contributed by atoms with Crippen LogP contribution in [-0.2, 0) is 27.2 Å². The molecule has 0 aromatic carbocycles. The number of hydrogen-bond acceptors (Lipinski definition) is 11. The first-order valence-electron chi connectivity index (χ1n) is 12.8. The van der Waals surface area contributed by atoms with Gasteiger partial charge in [-0.05, 0) is 58.3 Å². The highest BCUT2D eigenvalue weighted by Gasteiger charge is 2.47. The van der Waals surface area contributed by atoms with E-state index in [1.54, 1.807) is 0 Å². The van der Waals surface area contributed by atoms with Crippen LogP contribution in [0.1, 0.15) is 19.3 Å². The Balaban J connectivity index is 1.86. The van der Waals surface area contributed by atoms with E-state index >= 15 is 0 Å². The Morgan fingerprint density at radius 2 is 1.50 bits per heavy atom. The second-order valence-electron chi connectivity index (χ2n) is 11.8. The molecular formula is C22H48O11Si3. The minimum atomic E-state index is -2.24. The first-order valence-corrected chi connectivity index (χ1v) is 22.1. The molecule has 11 nitrogen and oxygen atoms in total. The zero-order chi connectivity index (χ0) is 27.3. The van der Waals surface area contributed by atoms with E-state index in [9.17, 15) is 25.5 Å². The first kappa shape index (κ1) is 32.4. The molecule has 0 spiro atoms. The van der Waals surface area contributed by atoms with E-state index in [1.807, 2.05) is 0 Å². The highest BCUT2D eigenvalue weighted by molar-refractivity contribution is 6.87. The molecule has 0 aliphatic carbocycles. The third-order valence-corrected chi connectivity index (χ3v) is 16.1. The zero-order valence-electron chi connectivity index (χ0n) is 22.8. The van der Waals surface area contributed by atoms with Gasteiger partial charge in [0.25, 0.3) is 0 Å². The van der Waals surface area contributed by atoms with Gasteiger partial charge >= 0.3 is 8.56 Å². The molecule has 2 saturated heterocycles. The smallest absolute Gasteiger partial charge is 0.311 e. The molecule has 214 valence electrons. The summed E-state index contributed by atoms with van der Waals surface area (Å²) >= 11 is 0. The van der Waals surface area contributed by atoms with Crippen molar-refractivity contribution in [3.63, 3.8) is 0 Å². The van der Waals surface area contributed by atoms with Crippen LogP contribution in [0.4, 0.5) is 0 Å². The Bertz CT molecular complexity index is 662. The van der Waals surface area contributed by atoms with Crippen LogP contribution in [0.5, 0.6) is 0 Å². The van der Waals surface area contributed by atoms with Gasteiger partial charge < -0.3 is 52.7 Å². The standard InChI is InChI=1S/C22H48O11Si3/c1-34(2,3)32-36(6,7)33-35(4,5)10-8-9-28-22-20(27)19(26)21(17(14-24)30-22)31-18-12-15(25)11-16(13-23)29-18/h15-27H,8-14H2,1-7H3. The highest BCUT2D eigenvalue weighted by Crippen LogP contribution is 2.29. The van der Waals surface area contributed by atoms with Gasteiger partial charge in [0, 0.05) is 19.4 Å². The van der Waals surface area contributed by atoms with Crippen molar-refractivity contribution in [3.05, 3.63) is 0 Å². The molecule has 5 N–H and O–H groups in total. The Kier molecular flexibility index (Phi) is 12.2. The predicted molar refractivity (Wildman–Crippen MR) is 139 cm³/mol. The van der Waals surface area contributed by atoms with Gasteiger partial charge in [-0.2, -0.15) is 0 Å². The molecule has 0 aromatic heterocycles. The zero-order valence-corrected chi connectivity index (χ0v) is 25.8. The van der Waals surface area contributed by atoms with Gasteiger partial charge in [0.2, 0.25) is 0 Å². The number of hydrogen-bond donors (Lipinski definition) is 5. The molecule has 0 radical (unpaired) electrons. The fourth-order valence-corrected chi connectivity index (χ4v) is 18.0. The average Bonchev–Trinajstić information content (AvgIpc) is 2.72. The molecule has 0 saturated carbocycles. The maximum atomic E-state index is 10.7. The van der Waals surface area contributed by atoms with Crippen LogP contribution in [0.2, 0.25) is 51.9 Å². The summed E-state index contributed by atoms with van der Waals surface area (Å²) < 4.78 is 35.6. The summed E-state index contributed by atoms with van der Waals surface area (Å²) in [6.45, 7) is 14.5. The minimum absolute atomic E-state index is 0.137. The minimum Gasteiger partial charge on any atom is -0.437 e. The second-order valence-corrected chi connectivity index (χ2v) is 24.4. The lowest BCUT2D eigenvalue weighted by Gasteiger charge is -2.44. The Labute approximate surface area is 218 Å². The Morgan fingerprint density at radius 3 is 2.08 bits per heavy atom. The van der Waals surface area contributed by atoms with Crippen molar-refractivity contribution in [3.8, 4) is 0 Å². The quantitative estimate of drug-likeness (QED) is 0.157. The van der Waals surface area contributed by atoms with E-state index in [0.717, 1.165) is 6.04 Å². The second kappa shape index (κ2) is 13.5. The molecule has 2 rings (SSSR count). The van der Waals surface area contributed by atoms with E-state index in [2.05, 4.69) is 45.8 Å². The summed E-state index contributed by atoms with van der Waals surface area (Å²) in [5.41, 5.74) is 0. The topological polar surface area (TPSA) is 157 Å². The van der Waals surface area contributed by atoms with Crippen LogP contribution in [0.15, 0.2) is 0 Å². The molecular weight excluding hydrogens is 524 g/mol. The number of aliphatic hydroxyl groups is 5. The van der Waals surface area contributed by atoms with Crippen LogP contribution < -0.4 is 0 Å². The molecule has 0 amide bonds. The largest absolute Gasteiger partial charge is 0.437 e. The van der Waals surface area contributed by atoms with E-state index < -0.39 is 81.0 Å². The fourth-order valence-electron chi connectivity index (χ4n) is 4.86. The average molecular weight is 573 g/mol. The highest BCUT2D eigenvalue weighted by atomic mass is 28.5. The SMILES string of the molecule is C[Si](C)(C)O[Si](C)(C)O[Si](C)(C)CCCOC1OC(CO)C(OC2CC(O)CC(CO)O2)C(O)C1O. The van der Waals surface area contributed by atoms with Crippen molar-refractivity contribution in [2.75, 3.05) is 19.8 Å². The van der Waals surface area contributed by atoms with Crippen molar-refractivity contribution in [2.45, 2.75) is 120 Å². The number of ether oxygens (including phenoxy) is 4. The van der Waals surface area contributed by atoms with Crippen LogP contribution >= 0.6 is 0 Å². The molecule has 2 aliphatic heterocycles. The van der Waals surface area contributed by atoms with E-state index in [0.29, 0.717) is 6.42 Å². The number of rotatable bonds is 13. The maximum Gasteiger partial charge on any atom is 0.311 e. The third-order valence-electron chi connectivity index (χ3n) is 5.96. The molecule has 8 atom stereocenters. The van der Waals surface area contributed by atoms with Crippen LogP contribution in [0.3, 0.4) is 0 Å². The van der Waals surface area contributed by atoms with Gasteiger partial charge in [-0.25, -0.2) is 0 Å². The van der Waals surface area contributed by atoms with Crippen LogP contribution in [-0.4, -0.2) is 120 Å². The van der Waals surface area contributed by atoms with E-state index in [-0.39, 0.29) is 26.1 Å². The van der Waals surface area contributed by atoms with E-state index in [1.165, 1.54) is 0 Å². The summed E-state index contributed by atoms with van der Waals surface area (Å²) in [6.07, 6.45) is -7.17. The molecule has 2 aliphatic rings. The maximum absolute atomic E-state index is 10.7. The summed E-state index contributed by atoms with van der Waals surface area (Å²) in [4.78, 5) is 0. The molecule has 0 bridgehead atoms. The van der Waals surface area contributed by atoms with Crippen molar-refractivity contribution in [1.82, 2.24) is 0 Å². The summed E-state index contributed by atoms with van der Waals surface area (Å²) in [7, 11) is -5.95. The van der Waals surface area contributed by atoms with Crippen molar-refractivity contribution in [2.24, 2.45) is 0 Å². The summed E-state index contributed by atoms with van der Waals surface area (Å²) in [5.74, 6) is 0. The normalized spacial score (nSPS) is 34.7. The van der Waals surface area contributed by atoms with E-state index in [4.69, 9.17) is 27.2 Å². The Hall–Kier alpha value is 0.211. The van der Waals surface area contributed by atoms with Crippen LogP contribution in [0.25, 0.3) is 0 Å². The van der Waals surface area contributed by atoms with Crippen molar-refractivity contribution < 1.29 is 52.7 Å². The molecule has 2 fully saturated rings. The van der Waals surface area contributed by atoms with Gasteiger partial charge in [-0.1, -0.05) is 0 Å². The van der Waals surface area contributed by atoms with Crippen molar-refractivity contribution in [1.29, 1.82) is 0 Å². The predicted octanol–water partition coefficient (Wildman–Crippen LogP) is 0.851. The molecule has 36 heavy (non-hydrogen) atoms. The third kappa shape index (κ3) is 10.4. The number of aliphatic hydroxyl groups excluding tert-OH is 5. The molecule has 14 heteroatoms. The van der Waals surface area contributed by atoms with Gasteiger partial charge in [0.05, 0.1) is 25.4 Å². The monoisotopic (exact) mass is 572 g/mol. The lowest BCUT2D eigenvalue weighted by Crippen LogP contribution is -2.61. The molecule has 8 unspecified atom stereocenters. The van der Waals surface area contributed by atoms with Gasteiger partial charge in [0.15, 0.2) is 29.2 Å². The first-order chi connectivity index (χ1) is 16.6. The molecule has 2 heterocycles. The lowest BCUT2D eigenvalue weighted by atomic mass is 9.98. The van der Waals surface area contributed by atoms with Gasteiger partial charge in [0.1, 0.15) is 24.4 Å². The van der Waals surface area contributed by atoms with Crippen molar-refractivity contribution >= 4 is 25.2 Å². The van der Waals surface area contributed by atoms with Crippen LogP contribution in [0, 0.1) is 0 Å².